The van der Waals surface area contributed by atoms with Crippen molar-refractivity contribution in [3.63, 3.8) is 0 Å². The van der Waals surface area contributed by atoms with E-state index in [0.717, 1.165) is 21.8 Å². The van der Waals surface area contributed by atoms with Crippen molar-refractivity contribution in [3.8, 4) is 0 Å². The molecule has 0 aliphatic rings. The second kappa shape index (κ2) is 6.55. The van der Waals surface area contributed by atoms with E-state index in [0.29, 0.717) is 6.42 Å². The third-order valence-electron chi connectivity index (χ3n) is 2.48. The third kappa shape index (κ3) is 5.68. The van der Waals surface area contributed by atoms with Gasteiger partial charge in [-0.3, -0.25) is 4.79 Å². The van der Waals surface area contributed by atoms with Crippen LogP contribution in [0, 0.1) is 0 Å². The van der Waals surface area contributed by atoms with Crippen molar-refractivity contribution >= 4 is 37.8 Å². The summed E-state index contributed by atoms with van der Waals surface area (Å²) >= 11 is 6.77. The number of hydrogen-bond acceptors (Lipinski definition) is 1. The maximum absolute atomic E-state index is 11.8. The molecule has 2 nitrogen and oxygen atoms in total. The molecule has 17 heavy (non-hydrogen) atoms. The second-order valence-corrected chi connectivity index (χ2v) is 6.38. The van der Waals surface area contributed by atoms with Crippen LogP contribution < -0.4 is 5.32 Å². The van der Waals surface area contributed by atoms with Gasteiger partial charge in [-0.1, -0.05) is 44.0 Å². The van der Waals surface area contributed by atoms with Gasteiger partial charge < -0.3 is 5.32 Å². The lowest BCUT2D eigenvalue weighted by atomic mass is 10.0. The van der Waals surface area contributed by atoms with Gasteiger partial charge >= 0.3 is 0 Å². The monoisotopic (exact) mass is 361 g/mol. The first-order chi connectivity index (χ1) is 7.93. The van der Waals surface area contributed by atoms with Gasteiger partial charge in [0.15, 0.2) is 0 Å². The zero-order chi connectivity index (χ0) is 12.9. The summed E-state index contributed by atoms with van der Waals surface area (Å²) in [5.41, 5.74) is 0.871. The highest BCUT2D eigenvalue weighted by atomic mass is 79.9. The van der Waals surface area contributed by atoms with Crippen molar-refractivity contribution in [1.82, 2.24) is 5.32 Å². The summed E-state index contributed by atoms with van der Waals surface area (Å²) in [7, 11) is 0. The molecule has 0 aliphatic heterocycles. The van der Waals surface area contributed by atoms with Crippen molar-refractivity contribution in [1.29, 1.82) is 0 Å². The van der Waals surface area contributed by atoms with Crippen LogP contribution in [-0.2, 0) is 11.2 Å². The first-order valence-corrected chi connectivity index (χ1v) is 7.46. The van der Waals surface area contributed by atoms with Gasteiger partial charge in [-0.15, -0.1) is 0 Å². The number of carbonyl (C=O) groups excluding carboxylic acids is 1. The van der Waals surface area contributed by atoms with Crippen molar-refractivity contribution in [2.75, 3.05) is 5.33 Å². The fourth-order valence-corrected chi connectivity index (χ4v) is 2.76. The average Bonchev–Trinajstić information content (AvgIpc) is 2.20. The van der Waals surface area contributed by atoms with E-state index in [1.165, 1.54) is 0 Å². The summed E-state index contributed by atoms with van der Waals surface area (Å²) in [4.78, 5) is 11.8. The molecule has 0 radical (unpaired) electrons. The summed E-state index contributed by atoms with van der Waals surface area (Å²) < 4.78 is 1.03. The first-order valence-electron chi connectivity index (χ1n) is 5.54. The van der Waals surface area contributed by atoms with Crippen LogP contribution in [0.4, 0.5) is 0 Å². The number of benzene rings is 1. The summed E-state index contributed by atoms with van der Waals surface area (Å²) in [5, 5.41) is 3.93. The lowest BCUT2D eigenvalue weighted by Gasteiger charge is -2.25. The van der Waals surface area contributed by atoms with Gasteiger partial charge in [-0.2, -0.15) is 0 Å². The molecule has 1 amide bonds. The number of alkyl halides is 1. The van der Waals surface area contributed by atoms with E-state index < -0.39 is 0 Å². The standard InChI is InChI=1S/C13H17Br2NO/c1-13(2,7-8-14)16-12(17)9-10-3-5-11(15)6-4-10/h3-6H,7-9H2,1-2H3,(H,16,17). The minimum Gasteiger partial charge on any atom is -0.351 e. The Kier molecular flexibility index (Phi) is 5.67. The molecule has 0 unspecified atom stereocenters. The molecule has 0 fully saturated rings. The van der Waals surface area contributed by atoms with Crippen LogP contribution in [0.15, 0.2) is 28.7 Å². The largest absolute Gasteiger partial charge is 0.351 e. The number of halogens is 2. The Morgan fingerprint density at radius 1 is 1.29 bits per heavy atom. The fraction of sp³-hybridized carbons (Fsp3) is 0.462. The smallest absolute Gasteiger partial charge is 0.224 e. The Labute approximate surface area is 119 Å². The minimum absolute atomic E-state index is 0.0678. The second-order valence-electron chi connectivity index (χ2n) is 4.67. The van der Waals surface area contributed by atoms with Crippen LogP contribution in [0.1, 0.15) is 25.8 Å². The Bertz CT molecular complexity index is 374. The van der Waals surface area contributed by atoms with Crippen molar-refractivity contribution < 1.29 is 4.79 Å². The van der Waals surface area contributed by atoms with E-state index in [4.69, 9.17) is 0 Å². The van der Waals surface area contributed by atoms with E-state index in [1.54, 1.807) is 0 Å². The predicted octanol–water partition coefficient (Wildman–Crippen LogP) is 3.67. The highest BCUT2D eigenvalue weighted by Gasteiger charge is 2.19. The van der Waals surface area contributed by atoms with E-state index >= 15 is 0 Å². The molecule has 0 aromatic heterocycles. The maximum atomic E-state index is 11.8. The van der Waals surface area contributed by atoms with Gasteiger partial charge in [0.1, 0.15) is 0 Å². The third-order valence-corrected chi connectivity index (χ3v) is 3.40. The van der Waals surface area contributed by atoms with Crippen LogP contribution in [0.5, 0.6) is 0 Å². The Balaban J connectivity index is 2.52. The Morgan fingerprint density at radius 2 is 1.88 bits per heavy atom. The van der Waals surface area contributed by atoms with Crippen LogP contribution in [0.3, 0.4) is 0 Å². The van der Waals surface area contributed by atoms with Gasteiger partial charge in [0.2, 0.25) is 5.91 Å². The molecule has 94 valence electrons. The van der Waals surface area contributed by atoms with Gasteiger partial charge in [0.05, 0.1) is 6.42 Å². The van der Waals surface area contributed by atoms with Crippen molar-refractivity contribution in [2.45, 2.75) is 32.2 Å². The van der Waals surface area contributed by atoms with Gasteiger partial charge in [-0.05, 0) is 38.0 Å². The van der Waals surface area contributed by atoms with Gasteiger partial charge in [0, 0.05) is 15.3 Å². The molecular formula is C13H17Br2NO. The quantitative estimate of drug-likeness (QED) is 0.795. The maximum Gasteiger partial charge on any atom is 0.224 e. The Hall–Kier alpha value is -0.350. The lowest BCUT2D eigenvalue weighted by Crippen LogP contribution is -2.44. The molecule has 0 heterocycles. The highest BCUT2D eigenvalue weighted by Crippen LogP contribution is 2.13. The summed E-state index contributed by atoms with van der Waals surface area (Å²) in [6, 6.07) is 7.82. The predicted molar refractivity (Wildman–Crippen MR) is 78.5 cm³/mol. The van der Waals surface area contributed by atoms with Gasteiger partial charge in [0.25, 0.3) is 0 Å². The minimum atomic E-state index is -0.157. The molecule has 1 aromatic carbocycles. The Morgan fingerprint density at radius 3 is 2.41 bits per heavy atom. The number of nitrogens with one attached hydrogen (secondary N) is 1. The van der Waals surface area contributed by atoms with Crippen molar-refractivity contribution in [3.05, 3.63) is 34.3 Å². The number of rotatable bonds is 5. The van der Waals surface area contributed by atoms with Gasteiger partial charge in [-0.25, -0.2) is 0 Å². The van der Waals surface area contributed by atoms with Crippen LogP contribution >= 0.6 is 31.9 Å². The van der Waals surface area contributed by atoms with E-state index in [2.05, 4.69) is 37.2 Å². The van der Waals surface area contributed by atoms with E-state index in [9.17, 15) is 4.79 Å². The molecule has 1 N–H and O–H groups in total. The van der Waals surface area contributed by atoms with E-state index in [-0.39, 0.29) is 11.4 Å². The molecule has 0 atom stereocenters. The zero-order valence-corrected chi connectivity index (χ0v) is 13.3. The zero-order valence-electron chi connectivity index (χ0n) is 10.1. The molecule has 4 heteroatoms. The topological polar surface area (TPSA) is 29.1 Å². The molecule has 1 rings (SSSR count). The van der Waals surface area contributed by atoms with Crippen LogP contribution in [0.2, 0.25) is 0 Å². The summed E-state index contributed by atoms with van der Waals surface area (Å²) in [6.45, 7) is 4.07. The molecule has 0 saturated heterocycles. The van der Waals surface area contributed by atoms with Crippen molar-refractivity contribution in [2.24, 2.45) is 0 Å². The molecule has 1 aromatic rings. The molecule has 0 spiro atoms. The number of carbonyl (C=O) groups is 1. The molecular weight excluding hydrogens is 346 g/mol. The average molecular weight is 363 g/mol. The first kappa shape index (κ1) is 14.7. The van der Waals surface area contributed by atoms with Crippen LogP contribution in [0.25, 0.3) is 0 Å². The molecule has 0 bridgehead atoms. The van der Waals surface area contributed by atoms with E-state index in [1.807, 2.05) is 38.1 Å². The highest BCUT2D eigenvalue weighted by molar-refractivity contribution is 9.10. The number of amides is 1. The number of hydrogen-bond donors (Lipinski definition) is 1. The molecule has 0 saturated carbocycles. The summed E-state index contributed by atoms with van der Waals surface area (Å²) in [5.74, 6) is 0.0678. The van der Waals surface area contributed by atoms with Crippen LogP contribution in [-0.4, -0.2) is 16.8 Å². The SMILES string of the molecule is CC(C)(CCBr)NC(=O)Cc1ccc(Br)cc1. The fourth-order valence-electron chi connectivity index (χ4n) is 1.51. The normalized spacial score (nSPS) is 11.3. The molecule has 0 aliphatic carbocycles. The lowest BCUT2D eigenvalue weighted by molar-refractivity contribution is -0.122. The summed E-state index contributed by atoms with van der Waals surface area (Å²) in [6.07, 6.45) is 1.35.